The van der Waals surface area contributed by atoms with Crippen LogP contribution in [0.15, 0.2) is 12.7 Å². The number of rotatable bonds is 7. The van der Waals surface area contributed by atoms with Gasteiger partial charge in [-0.25, -0.2) is 0 Å². The van der Waals surface area contributed by atoms with Crippen LogP contribution in [0.2, 0.25) is 0 Å². The number of aliphatic carboxylic acids is 1. The monoisotopic (exact) mass is 282 g/mol. The Hall–Kier alpha value is -1.36. The predicted octanol–water partition coefficient (Wildman–Crippen LogP) is 1.60. The minimum atomic E-state index is -0.922. The predicted molar refractivity (Wildman–Crippen MR) is 78.5 cm³/mol. The van der Waals surface area contributed by atoms with Crippen molar-refractivity contribution in [1.29, 1.82) is 0 Å². The third-order valence-corrected chi connectivity index (χ3v) is 4.03. The van der Waals surface area contributed by atoms with Gasteiger partial charge in [-0.3, -0.25) is 14.5 Å². The molecule has 1 saturated carbocycles. The molecule has 0 aliphatic heterocycles. The lowest BCUT2D eigenvalue weighted by Crippen LogP contribution is -2.45. The van der Waals surface area contributed by atoms with Crippen LogP contribution in [0, 0.1) is 5.92 Å². The first-order chi connectivity index (χ1) is 9.43. The molecule has 0 atom stereocenters. The van der Waals surface area contributed by atoms with Gasteiger partial charge in [-0.05, 0) is 31.6 Å². The van der Waals surface area contributed by atoms with Gasteiger partial charge in [0.05, 0.1) is 13.1 Å². The fraction of sp³-hybridized carbons (Fsp3) is 0.733. The van der Waals surface area contributed by atoms with Crippen LogP contribution in [-0.4, -0.2) is 59.5 Å². The topological polar surface area (TPSA) is 60.9 Å². The summed E-state index contributed by atoms with van der Waals surface area (Å²) in [5, 5.41) is 8.84. The van der Waals surface area contributed by atoms with Crippen LogP contribution >= 0.6 is 0 Å². The van der Waals surface area contributed by atoms with Gasteiger partial charge in [-0.15, -0.1) is 6.58 Å². The third kappa shape index (κ3) is 5.33. The van der Waals surface area contributed by atoms with Gasteiger partial charge in [0, 0.05) is 19.6 Å². The standard InChI is InChI=1S/C15H26N2O3/c1-4-9-17(11-15(19)20)10-14(18)16(3)13-7-5-12(2)6-8-13/h4,12-13H,1,5-11H2,2-3H3,(H,19,20). The van der Waals surface area contributed by atoms with E-state index in [-0.39, 0.29) is 19.0 Å². The molecule has 0 heterocycles. The van der Waals surface area contributed by atoms with Gasteiger partial charge < -0.3 is 10.0 Å². The highest BCUT2D eigenvalue weighted by Crippen LogP contribution is 2.26. The third-order valence-electron chi connectivity index (χ3n) is 4.03. The van der Waals surface area contributed by atoms with Crippen molar-refractivity contribution in [2.24, 2.45) is 5.92 Å². The fourth-order valence-corrected chi connectivity index (χ4v) is 2.70. The van der Waals surface area contributed by atoms with Crippen LogP contribution in [0.3, 0.4) is 0 Å². The molecule has 1 amide bonds. The molecule has 1 rings (SSSR count). The van der Waals surface area contributed by atoms with Crippen molar-refractivity contribution < 1.29 is 14.7 Å². The molecule has 1 aliphatic carbocycles. The highest BCUT2D eigenvalue weighted by atomic mass is 16.4. The van der Waals surface area contributed by atoms with Gasteiger partial charge in [-0.2, -0.15) is 0 Å². The summed E-state index contributed by atoms with van der Waals surface area (Å²) in [6, 6.07) is 0.300. The number of carbonyl (C=O) groups excluding carboxylic acids is 1. The fourth-order valence-electron chi connectivity index (χ4n) is 2.70. The Kier molecular flexibility index (Phi) is 6.71. The minimum absolute atomic E-state index is 0.00680. The zero-order valence-electron chi connectivity index (χ0n) is 12.5. The summed E-state index contributed by atoms with van der Waals surface area (Å²) in [5.74, 6) is -0.180. The molecule has 0 saturated heterocycles. The first-order valence-electron chi connectivity index (χ1n) is 7.24. The van der Waals surface area contributed by atoms with Crippen LogP contribution < -0.4 is 0 Å². The van der Waals surface area contributed by atoms with Crippen molar-refractivity contribution in [3.63, 3.8) is 0 Å². The van der Waals surface area contributed by atoms with E-state index >= 15 is 0 Å². The first kappa shape index (κ1) is 16.7. The Labute approximate surface area is 121 Å². The van der Waals surface area contributed by atoms with E-state index in [2.05, 4.69) is 13.5 Å². The normalized spacial score (nSPS) is 22.6. The van der Waals surface area contributed by atoms with Gasteiger partial charge in [0.2, 0.25) is 5.91 Å². The van der Waals surface area contributed by atoms with Crippen molar-refractivity contribution in [3.05, 3.63) is 12.7 Å². The first-order valence-corrected chi connectivity index (χ1v) is 7.24. The number of hydrogen-bond donors (Lipinski definition) is 1. The molecule has 20 heavy (non-hydrogen) atoms. The van der Waals surface area contributed by atoms with E-state index in [9.17, 15) is 9.59 Å². The van der Waals surface area contributed by atoms with E-state index in [1.807, 2.05) is 7.05 Å². The van der Waals surface area contributed by atoms with Crippen LogP contribution in [0.25, 0.3) is 0 Å². The second kappa shape index (κ2) is 8.04. The molecule has 0 spiro atoms. The SMILES string of the molecule is C=CCN(CC(=O)O)CC(=O)N(C)C1CCC(C)CC1. The van der Waals surface area contributed by atoms with Crippen LogP contribution in [0.4, 0.5) is 0 Å². The number of nitrogens with zero attached hydrogens (tertiary/aromatic N) is 2. The summed E-state index contributed by atoms with van der Waals surface area (Å²) in [5.41, 5.74) is 0. The molecule has 1 fully saturated rings. The van der Waals surface area contributed by atoms with E-state index in [1.54, 1.807) is 15.9 Å². The second-order valence-corrected chi connectivity index (χ2v) is 5.77. The zero-order valence-corrected chi connectivity index (χ0v) is 12.5. The van der Waals surface area contributed by atoms with Gasteiger partial charge in [0.25, 0.3) is 0 Å². The van der Waals surface area contributed by atoms with E-state index < -0.39 is 5.97 Å². The Morgan fingerprint density at radius 3 is 2.35 bits per heavy atom. The number of amides is 1. The molecule has 0 bridgehead atoms. The van der Waals surface area contributed by atoms with E-state index in [1.165, 1.54) is 0 Å². The summed E-state index contributed by atoms with van der Waals surface area (Å²) in [6.07, 6.45) is 6.04. The maximum atomic E-state index is 12.2. The van der Waals surface area contributed by atoms with Crippen LogP contribution in [0.5, 0.6) is 0 Å². The number of carbonyl (C=O) groups is 2. The Morgan fingerprint density at radius 1 is 1.25 bits per heavy atom. The quantitative estimate of drug-likeness (QED) is 0.720. The van der Waals surface area contributed by atoms with Gasteiger partial charge in [0.15, 0.2) is 0 Å². The van der Waals surface area contributed by atoms with Crippen molar-refractivity contribution in [2.45, 2.75) is 38.6 Å². The van der Waals surface area contributed by atoms with Gasteiger partial charge in [-0.1, -0.05) is 13.0 Å². The van der Waals surface area contributed by atoms with Gasteiger partial charge in [0.1, 0.15) is 0 Å². The second-order valence-electron chi connectivity index (χ2n) is 5.77. The molecule has 0 unspecified atom stereocenters. The summed E-state index contributed by atoms with van der Waals surface area (Å²) < 4.78 is 0. The van der Waals surface area contributed by atoms with Crippen molar-refractivity contribution in [3.8, 4) is 0 Å². The molecule has 1 aliphatic rings. The van der Waals surface area contributed by atoms with Crippen molar-refractivity contribution >= 4 is 11.9 Å². The number of carboxylic acid groups (broad SMARTS) is 1. The maximum Gasteiger partial charge on any atom is 0.317 e. The van der Waals surface area contributed by atoms with E-state index in [0.717, 1.165) is 31.6 Å². The molecule has 1 N–H and O–H groups in total. The molecule has 5 heteroatoms. The van der Waals surface area contributed by atoms with E-state index in [4.69, 9.17) is 5.11 Å². The lowest BCUT2D eigenvalue weighted by Gasteiger charge is -2.34. The Balaban J connectivity index is 2.50. The van der Waals surface area contributed by atoms with Crippen molar-refractivity contribution in [1.82, 2.24) is 9.80 Å². The molecular formula is C15H26N2O3. The smallest absolute Gasteiger partial charge is 0.317 e. The molecule has 114 valence electrons. The van der Waals surface area contributed by atoms with Crippen LogP contribution in [-0.2, 0) is 9.59 Å². The molecule has 0 aromatic carbocycles. The molecule has 5 nitrogen and oxygen atoms in total. The number of carboxylic acids is 1. The highest BCUT2D eigenvalue weighted by Gasteiger charge is 2.25. The minimum Gasteiger partial charge on any atom is -0.480 e. The molecule has 0 aromatic rings. The summed E-state index contributed by atoms with van der Waals surface area (Å²) >= 11 is 0. The zero-order chi connectivity index (χ0) is 15.1. The molecular weight excluding hydrogens is 256 g/mol. The Bertz CT molecular complexity index is 349. The summed E-state index contributed by atoms with van der Waals surface area (Å²) in [4.78, 5) is 26.4. The largest absolute Gasteiger partial charge is 0.480 e. The lowest BCUT2D eigenvalue weighted by atomic mass is 9.87. The number of likely N-dealkylation sites (N-methyl/N-ethyl adjacent to an activating group) is 1. The molecule has 0 aromatic heterocycles. The maximum absolute atomic E-state index is 12.2. The number of hydrogen-bond acceptors (Lipinski definition) is 3. The summed E-state index contributed by atoms with van der Waals surface area (Å²) in [6.45, 7) is 6.26. The van der Waals surface area contributed by atoms with E-state index in [0.29, 0.717) is 12.6 Å². The van der Waals surface area contributed by atoms with Crippen LogP contribution in [0.1, 0.15) is 32.6 Å². The Morgan fingerprint density at radius 2 is 1.85 bits per heavy atom. The summed E-state index contributed by atoms with van der Waals surface area (Å²) in [7, 11) is 1.83. The lowest BCUT2D eigenvalue weighted by molar-refractivity contribution is -0.139. The highest BCUT2D eigenvalue weighted by molar-refractivity contribution is 5.79. The average molecular weight is 282 g/mol. The van der Waals surface area contributed by atoms with Crippen molar-refractivity contribution in [2.75, 3.05) is 26.7 Å². The van der Waals surface area contributed by atoms with Gasteiger partial charge >= 0.3 is 5.97 Å². The molecule has 0 radical (unpaired) electrons. The average Bonchev–Trinajstić information content (AvgIpc) is 2.38.